The van der Waals surface area contributed by atoms with Gasteiger partial charge in [0.2, 0.25) is 0 Å². The fourth-order valence-corrected chi connectivity index (χ4v) is 3.12. The lowest BCUT2D eigenvalue weighted by Gasteiger charge is -2.19. The Morgan fingerprint density at radius 2 is 2.07 bits per heavy atom. The van der Waals surface area contributed by atoms with E-state index in [-0.39, 0.29) is 12.1 Å². The molecule has 0 bridgehead atoms. The van der Waals surface area contributed by atoms with Gasteiger partial charge in [-0.1, -0.05) is 25.5 Å². The normalized spacial score (nSPS) is 12.0. The number of amides is 2. The molecule has 8 heteroatoms. The predicted molar refractivity (Wildman–Crippen MR) is 104 cm³/mol. The lowest BCUT2D eigenvalue weighted by molar-refractivity contribution is 0.247. The molecule has 8 nitrogen and oxygen atoms in total. The number of anilines is 1. The van der Waals surface area contributed by atoms with E-state index in [9.17, 15) is 4.79 Å². The second-order valence-electron chi connectivity index (χ2n) is 6.58. The van der Waals surface area contributed by atoms with Crippen molar-refractivity contribution in [3.63, 3.8) is 0 Å². The topological polar surface area (TPSA) is 89.7 Å². The van der Waals surface area contributed by atoms with Crippen LogP contribution in [0.4, 0.5) is 10.5 Å². The number of aryl methyl sites for hydroxylation is 2. The van der Waals surface area contributed by atoms with Crippen LogP contribution in [0.25, 0.3) is 11.4 Å². The molecule has 0 aliphatic rings. The Balaban J connectivity index is 1.78. The highest BCUT2D eigenvalue weighted by Gasteiger charge is 2.19. The standard InChI is InChI=1S/C19H25N7O/c1-5-7-16(18-20-10-11-25(18)3)23-19(27)22-15-9-6-8-14(13(15)2)17-24-21-12-26(17)4/h6,8-12,16H,5,7H2,1-4H3,(H2,22,23,27). The van der Waals surface area contributed by atoms with Crippen molar-refractivity contribution in [2.45, 2.75) is 32.7 Å². The van der Waals surface area contributed by atoms with E-state index in [0.717, 1.165) is 41.3 Å². The molecule has 1 atom stereocenters. The Bertz CT molecular complexity index is 928. The SMILES string of the molecule is CCCC(NC(=O)Nc1cccc(-c2nncn2C)c1C)c1nccn1C. The highest BCUT2D eigenvalue weighted by Crippen LogP contribution is 2.27. The summed E-state index contributed by atoms with van der Waals surface area (Å²) in [6, 6.07) is 5.35. The number of imidazole rings is 1. The number of nitrogens with one attached hydrogen (secondary N) is 2. The molecule has 1 aromatic carbocycles. The zero-order valence-corrected chi connectivity index (χ0v) is 16.1. The molecule has 3 aromatic rings. The minimum atomic E-state index is -0.255. The Morgan fingerprint density at radius 1 is 1.26 bits per heavy atom. The van der Waals surface area contributed by atoms with E-state index in [1.807, 2.05) is 54.5 Å². The van der Waals surface area contributed by atoms with Crippen LogP contribution in [0, 0.1) is 6.92 Å². The molecular weight excluding hydrogens is 342 g/mol. The van der Waals surface area contributed by atoms with Crippen LogP contribution in [-0.4, -0.2) is 30.3 Å². The molecule has 0 radical (unpaired) electrons. The van der Waals surface area contributed by atoms with Gasteiger partial charge in [0.25, 0.3) is 0 Å². The zero-order valence-electron chi connectivity index (χ0n) is 16.1. The largest absolute Gasteiger partial charge is 0.336 e. The third kappa shape index (κ3) is 3.99. The van der Waals surface area contributed by atoms with Crippen LogP contribution in [-0.2, 0) is 14.1 Å². The van der Waals surface area contributed by atoms with E-state index in [1.165, 1.54) is 0 Å². The van der Waals surface area contributed by atoms with Crippen LogP contribution in [0.3, 0.4) is 0 Å². The quantitative estimate of drug-likeness (QED) is 0.700. The highest BCUT2D eigenvalue weighted by atomic mass is 16.2. The van der Waals surface area contributed by atoms with Crippen LogP contribution in [0.2, 0.25) is 0 Å². The molecule has 27 heavy (non-hydrogen) atoms. The minimum absolute atomic E-state index is 0.141. The molecule has 2 aromatic heterocycles. The minimum Gasteiger partial charge on any atom is -0.336 e. The third-order valence-electron chi connectivity index (χ3n) is 4.59. The van der Waals surface area contributed by atoms with Crippen LogP contribution in [0.15, 0.2) is 36.9 Å². The summed E-state index contributed by atoms with van der Waals surface area (Å²) in [7, 11) is 3.82. The molecule has 142 valence electrons. The van der Waals surface area contributed by atoms with Gasteiger partial charge in [-0.2, -0.15) is 0 Å². The van der Waals surface area contributed by atoms with Gasteiger partial charge >= 0.3 is 6.03 Å². The highest BCUT2D eigenvalue weighted by molar-refractivity contribution is 5.91. The van der Waals surface area contributed by atoms with Crippen molar-refractivity contribution in [1.82, 2.24) is 29.6 Å². The fourth-order valence-electron chi connectivity index (χ4n) is 3.12. The van der Waals surface area contributed by atoms with Crippen molar-refractivity contribution >= 4 is 11.7 Å². The number of hydrogen-bond acceptors (Lipinski definition) is 4. The van der Waals surface area contributed by atoms with Gasteiger partial charge in [0.1, 0.15) is 12.2 Å². The number of hydrogen-bond donors (Lipinski definition) is 2. The Morgan fingerprint density at radius 3 is 2.70 bits per heavy atom. The van der Waals surface area contributed by atoms with Crippen molar-refractivity contribution in [1.29, 1.82) is 0 Å². The van der Waals surface area contributed by atoms with Crippen molar-refractivity contribution in [2.75, 3.05) is 5.32 Å². The van der Waals surface area contributed by atoms with Gasteiger partial charge in [-0.05, 0) is 25.0 Å². The van der Waals surface area contributed by atoms with Gasteiger partial charge in [0, 0.05) is 37.7 Å². The van der Waals surface area contributed by atoms with E-state index >= 15 is 0 Å². The average molecular weight is 367 g/mol. The molecule has 1 unspecified atom stereocenters. The summed E-state index contributed by atoms with van der Waals surface area (Å²) in [5.41, 5.74) is 2.61. The average Bonchev–Trinajstić information content (AvgIpc) is 3.25. The molecule has 3 rings (SSSR count). The summed E-state index contributed by atoms with van der Waals surface area (Å²) >= 11 is 0. The second-order valence-corrected chi connectivity index (χ2v) is 6.58. The Kier molecular flexibility index (Phi) is 5.54. The summed E-state index contributed by atoms with van der Waals surface area (Å²) in [4.78, 5) is 17.0. The molecule has 0 saturated heterocycles. The maximum Gasteiger partial charge on any atom is 0.319 e. The fraction of sp³-hybridized carbons (Fsp3) is 0.368. The van der Waals surface area contributed by atoms with Gasteiger partial charge < -0.3 is 19.8 Å². The van der Waals surface area contributed by atoms with Gasteiger partial charge in [0.15, 0.2) is 5.82 Å². The maximum absolute atomic E-state index is 12.6. The summed E-state index contributed by atoms with van der Waals surface area (Å²) in [6.07, 6.45) is 7.04. The molecule has 0 saturated carbocycles. The molecule has 2 amide bonds. The van der Waals surface area contributed by atoms with Crippen LogP contribution in [0.5, 0.6) is 0 Å². The molecule has 0 spiro atoms. The molecule has 0 fully saturated rings. The first-order valence-corrected chi connectivity index (χ1v) is 9.00. The van der Waals surface area contributed by atoms with Crippen molar-refractivity contribution in [3.8, 4) is 11.4 Å². The smallest absolute Gasteiger partial charge is 0.319 e. The Hall–Kier alpha value is -3.16. The number of carbonyl (C=O) groups is 1. The summed E-state index contributed by atoms with van der Waals surface area (Å²) in [6.45, 7) is 4.05. The number of rotatable bonds is 6. The number of urea groups is 1. The Labute approximate surface area is 158 Å². The van der Waals surface area contributed by atoms with E-state index in [1.54, 1.807) is 12.5 Å². The molecular formula is C19H25N7O. The summed E-state index contributed by atoms with van der Waals surface area (Å²) in [5, 5.41) is 14.1. The van der Waals surface area contributed by atoms with Gasteiger partial charge in [-0.3, -0.25) is 0 Å². The van der Waals surface area contributed by atoms with Crippen molar-refractivity contribution in [3.05, 3.63) is 48.3 Å². The lowest BCUT2D eigenvalue weighted by atomic mass is 10.1. The van der Waals surface area contributed by atoms with E-state index in [2.05, 4.69) is 32.7 Å². The van der Waals surface area contributed by atoms with E-state index in [0.29, 0.717) is 0 Å². The first-order chi connectivity index (χ1) is 13.0. The third-order valence-corrected chi connectivity index (χ3v) is 4.59. The lowest BCUT2D eigenvalue weighted by Crippen LogP contribution is -2.34. The summed E-state index contributed by atoms with van der Waals surface area (Å²) in [5.74, 6) is 1.60. The van der Waals surface area contributed by atoms with Gasteiger partial charge in [0.05, 0.1) is 6.04 Å². The van der Waals surface area contributed by atoms with Crippen molar-refractivity contribution in [2.24, 2.45) is 14.1 Å². The first kappa shape index (κ1) is 18.6. The molecule has 2 heterocycles. The second kappa shape index (κ2) is 8.03. The van der Waals surface area contributed by atoms with Gasteiger partial charge in [-0.25, -0.2) is 9.78 Å². The van der Waals surface area contributed by atoms with Crippen LogP contribution >= 0.6 is 0 Å². The number of aromatic nitrogens is 5. The van der Waals surface area contributed by atoms with E-state index < -0.39 is 0 Å². The van der Waals surface area contributed by atoms with Crippen LogP contribution < -0.4 is 10.6 Å². The number of benzene rings is 1. The van der Waals surface area contributed by atoms with Crippen molar-refractivity contribution < 1.29 is 4.79 Å². The number of nitrogens with zero attached hydrogens (tertiary/aromatic N) is 5. The molecule has 0 aliphatic carbocycles. The maximum atomic E-state index is 12.6. The van der Waals surface area contributed by atoms with E-state index in [4.69, 9.17) is 0 Å². The summed E-state index contributed by atoms with van der Waals surface area (Å²) < 4.78 is 3.78. The van der Waals surface area contributed by atoms with Gasteiger partial charge in [-0.15, -0.1) is 10.2 Å². The monoisotopic (exact) mass is 367 g/mol. The number of carbonyl (C=O) groups excluding carboxylic acids is 1. The van der Waals surface area contributed by atoms with Crippen LogP contribution in [0.1, 0.15) is 37.2 Å². The zero-order chi connectivity index (χ0) is 19.4. The molecule has 2 N–H and O–H groups in total. The predicted octanol–water partition coefficient (Wildman–Crippen LogP) is 3.19. The molecule has 0 aliphatic heterocycles. The first-order valence-electron chi connectivity index (χ1n) is 9.00.